The number of amides is 1. The zero-order chi connectivity index (χ0) is 27.3. The Balaban J connectivity index is 1.42. The van der Waals surface area contributed by atoms with E-state index in [1.807, 2.05) is 66.7 Å². The molecule has 206 valence electrons. The number of carbonyl (C=O) groups is 1. The molecule has 1 amide bonds. The van der Waals surface area contributed by atoms with Crippen LogP contribution in [0, 0.1) is 0 Å². The zero-order valence-electron chi connectivity index (χ0n) is 22.2. The average Bonchev–Trinajstić information content (AvgIpc) is 3.22. The largest absolute Gasteiger partial charge is 0.375 e. The smallest absolute Gasteiger partial charge is 0.321 e. The summed E-state index contributed by atoms with van der Waals surface area (Å²) in [7, 11) is -3.80. The number of piperidine rings is 1. The molecule has 0 radical (unpaired) electrons. The van der Waals surface area contributed by atoms with E-state index < -0.39 is 26.0 Å². The quantitative estimate of drug-likeness (QED) is 0.333. The van der Waals surface area contributed by atoms with Crippen LogP contribution in [0.15, 0.2) is 79.1 Å². The van der Waals surface area contributed by atoms with Crippen LogP contribution in [0.4, 0.5) is 5.69 Å². The van der Waals surface area contributed by atoms with Gasteiger partial charge in [-0.25, -0.2) is 0 Å². The third-order valence-corrected chi connectivity index (χ3v) is 9.37. The SMILES string of the molecule is CS(=O)(=O)[N+]1(NC(=O)C(COCc2ccccc2)NCc2ccncc2)CC2(CCNCC2)c2ccccc21. The van der Waals surface area contributed by atoms with E-state index in [0.717, 1.165) is 42.6 Å². The van der Waals surface area contributed by atoms with Gasteiger partial charge in [-0.1, -0.05) is 52.5 Å². The number of hydrogen-bond acceptors (Lipinski definition) is 7. The second-order valence-corrected chi connectivity index (χ2v) is 12.5. The van der Waals surface area contributed by atoms with E-state index >= 15 is 0 Å². The molecule has 0 bridgehead atoms. The second kappa shape index (κ2) is 11.5. The predicted octanol–water partition coefficient (Wildman–Crippen LogP) is 2.39. The van der Waals surface area contributed by atoms with Gasteiger partial charge < -0.3 is 10.1 Å². The molecular weight excluding hydrogens is 514 g/mol. The number of hydrogen-bond donors (Lipinski definition) is 3. The summed E-state index contributed by atoms with van der Waals surface area (Å²) in [6.07, 6.45) is 6.21. The molecule has 5 rings (SSSR count). The Labute approximate surface area is 230 Å². The van der Waals surface area contributed by atoms with Gasteiger partial charge in [0.1, 0.15) is 12.6 Å². The maximum absolute atomic E-state index is 13.9. The number of rotatable bonds is 10. The summed E-state index contributed by atoms with van der Waals surface area (Å²) in [5.41, 5.74) is 6.22. The summed E-state index contributed by atoms with van der Waals surface area (Å²) >= 11 is 0. The lowest BCUT2D eigenvalue weighted by atomic mass is 9.75. The third-order valence-electron chi connectivity index (χ3n) is 7.82. The van der Waals surface area contributed by atoms with Crippen molar-refractivity contribution in [1.29, 1.82) is 0 Å². The topological polar surface area (TPSA) is 109 Å². The number of para-hydroxylation sites is 1. The first kappa shape index (κ1) is 27.4. The molecule has 1 fully saturated rings. The van der Waals surface area contributed by atoms with Gasteiger partial charge in [-0.2, -0.15) is 13.8 Å². The number of carbonyl (C=O) groups excluding carboxylic acids is 1. The highest BCUT2D eigenvalue weighted by molar-refractivity contribution is 7.90. The van der Waals surface area contributed by atoms with E-state index in [1.165, 1.54) is 6.26 Å². The van der Waals surface area contributed by atoms with E-state index in [4.69, 9.17) is 4.74 Å². The summed E-state index contributed by atoms with van der Waals surface area (Å²) in [5, 5.41) is 6.67. The molecule has 1 saturated heterocycles. The minimum absolute atomic E-state index is 0.0757. The van der Waals surface area contributed by atoms with Gasteiger partial charge in [0.25, 0.3) is 5.91 Å². The van der Waals surface area contributed by atoms with Crippen LogP contribution in [0.25, 0.3) is 0 Å². The number of ether oxygens (including phenoxy) is 1. The summed E-state index contributed by atoms with van der Waals surface area (Å²) < 4.78 is 32.5. The van der Waals surface area contributed by atoms with Crippen LogP contribution >= 0.6 is 0 Å². The van der Waals surface area contributed by atoms with Crippen molar-refractivity contribution in [2.75, 3.05) is 32.5 Å². The molecule has 2 aliphatic rings. The van der Waals surface area contributed by atoms with Crippen molar-refractivity contribution < 1.29 is 17.9 Å². The third kappa shape index (κ3) is 5.75. The number of fused-ring (bicyclic) bond motifs is 2. The minimum atomic E-state index is -3.80. The maximum atomic E-state index is 13.9. The van der Waals surface area contributed by atoms with E-state index in [-0.39, 0.29) is 18.6 Å². The molecule has 1 aromatic heterocycles. The molecule has 9 nitrogen and oxygen atoms in total. The Morgan fingerprint density at radius 3 is 2.44 bits per heavy atom. The minimum Gasteiger partial charge on any atom is -0.375 e. The van der Waals surface area contributed by atoms with E-state index in [0.29, 0.717) is 18.8 Å². The van der Waals surface area contributed by atoms with Crippen molar-refractivity contribution >= 4 is 21.6 Å². The lowest BCUT2D eigenvalue weighted by Crippen LogP contribution is -2.68. The Hall–Kier alpha value is -3.15. The molecule has 2 atom stereocenters. The van der Waals surface area contributed by atoms with E-state index in [1.54, 1.807) is 12.4 Å². The number of quaternary nitrogens is 1. The van der Waals surface area contributed by atoms with Crippen LogP contribution in [0.5, 0.6) is 0 Å². The Morgan fingerprint density at radius 1 is 1.03 bits per heavy atom. The Kier molecular flexibility index (Phi) is 8.11. The number of nitrogens with one attached hydrogen (secondary N) is 3. The first-order valence-corrected chi connectivity index (χ1v) is 15.1. The number of nitrogens with zero attached hydrogens (tertiary/aromatic N) is 2. The van der Waals surface area contributed by atoms with Gasteiger partial charge in [-0.3, -0.25) is 15.1 Å². The van der Waals surface area contributed by atoms with Crippen LogP contribution < -0.4 is 20.1 Å². The fourth-order valence-electron chi connectivity index (χ4n) is 5.74. The van der Waals surface area contributed by atoms with Crippen LogP contribution in [0.2, 0.25) is 0 Å². The van der Waals surface area contributed by atoms with Crippen molar-refractivity contribution in [3.63, 3.8) is 0 Å². The number of sulfonamides is 1. The molecule has 3 heterocycles. The van der Waals surface area contributed by atoms with Crippen molar-refractivity contribution in [1.82, 2.24) is 25.0 Å². The van der Waals surface area contributed by atoms with Crippen LogP contribution in [-0.4, -0.2) is 57.8 Å². The van der Waals surface area contributed by atoms with Crippen LogP contribution in [0.1, 0.15) is 29.5 Å². The molecule has 2 unspecified atom stereocenters. The molecule has 10 heteroatoms. The molecule has 1 spiro atoms. The van der Waals surface area contributed by atoms with Crippen LogP contribution in [0.3, 0.4) is 0 Å². The molecule has 39 heavy (non-hydrogen) atoms. The average molecular weight is 551 g/mol. The predicted molar refractivity (Wildman–Crippen MR) is 151 cm³/mol. The summed E-state index contributed by atoms with van der Waals surface area (Å²) in [6, 6.07) is 20.3. The highest BCUT2D eigenvalue weighted by atomic mass is 32.2. The van der Waals surface area contributed by atoms with Gasteiger partial charge in [0, 0.05) is 30.6 Å². The number of aromatic nitrogens is 1. The highest BCUT2D eigenvalue weighted by Crippen LogP contribution is 2.50. The number of pyridine rings is 1. The Bertz CT molecular complexity index is 1380. The molecule has 0 saturated carbocycles. The summed E-state index contributed by atoms with van der Waals surface area (Å²) in [6.45, 7) is 2.69. The van der Waals surface area contributed by atoms with Gasteiger partial charge >= 0.3 is 10.0 Å². The lowest BCUT2D eigenvalue weighted by molar-refractivity contribution is -0.127. The first-order valence-electron chi connectivity index (χ1n) is 13.3. The van der Waals surface area contributed by atoms with Gasteiger partial charge in [-0.05, 0) is 49.2 Å². The zero-order valence-corrected chi connectivity index (χ0v) is 23.0. The summed E-state index contributed by atoms with van der Waals surface area (Å²) in [5.74, 6) is -0.427. The van der Waals surface area contributed by atoms with Gasteiger partial charge in [0.05, 0.1) is 24.9 Å². The number of benzene rings is 2. The molecule has 2 aromatic carbocycles. The fourth-order valence-corrected chi connectivity index (χ4v) is 6.99. The lowest BCUT2D eigenvalue weighted by Gasteiger charge is -2.36. The molecule has 3 aromatic rings. The van der Waals surface area contributed by atoms with Gasteiger partial charge in [-0.15, -0.1) is 0 Å². The molecule has 3 N–H and O–H groups in total. The maximum Gasteiger partial charge on any atom is 0.321 e. The van der Waals surface area contributed by atoms with Crippen LogP contribution in [-0.2, 0) is 38.1 Å². The molecule has 2 aliphatic heterocycles. The molecule has 0 aliphatic carbocycles. The first-order chi connectivity index (χ1) is 18.8. The molecular formula is C29H36N5O4S+. The summed E-state index contributed by atoms with van der Waals surface area (Å²) in [4.78, 5) is 18.0. The Morgan fingerprint density at radius 2 is 1.72 bits per heavy atom. The van der Waals surface area contributed by atoms with Gasteiger partial charge in [0.15, 0.2) is 5.69 Å². The monoisotopic (exact) mass is 550 g/mol. The van der Waals surface area contributed by atoms with Crippen molar-refractivity contribution in [3.05, 3.63) is 95.8 Å². The van der Waals surface area contributed by atoms with Crippen molar-refractivity contribution in [3.8, 4) is 0 Å². The standard InChI is InChI=1S/C29H35N5O4S/c1-39(36,37)34(22-29(13-17-31-18-14-29)25-9-5-6-10-27(25)34)33-28(35)26(32-19-23-11-15-30-16-12-23)21-38-20-24-7-3-2-4-8-24/h2-12,15-16,26,31-32H,13-14,17-22H2,1H3/p+1. The normalized spacial score (nSPS) is 20.8. The van der Waals surface area contributed by atoms with Gasteiger partial charge in [0.2, 0.25) is 0 Å². The highest BCUT2D eigenvalue weighted by Gasteiger charge is 2.60. The fraction of sp³-hybridized carbons (Fsp3) is 0.379. The van der Waals surface area contributed by atoms with E-state index in [9.17, 15) is 13.2 Å². The second-order valence-electron chi connectivity index (χ2n) is 10.4. The van der Waals surface area contributed by atoms with Crippen molar-refractivity contribution in [2.45, 2.75) is 37.5 Å². The van der Waals surface area contributed by atoms with Crippen molar-refractivity contribution in [2.24, 2.45) is 0 Å². The van der Waals surface area contributed by atoms with E-state index in [2.05, 4.69) is 21.0 Å².